The van der Waals surface area contributed by atoms with E-state index in [1.807, 2.05) is 12.1 Å². The minimum Gasteiger partial charge on any atom is -0.494 e. The van der Waals surface area contributed by atoms with E-state index in [4.69, 9.17) is 4.74 Å². The molecule has 31 heavy (non-hydrogen) atoms. The van der Waals surface area contributed by atoms with Crippen molar-refractivity contribution in [3.8, 4) is 17.3 Å². The minimum atomic E-state index is -4.52. The van der Waals surface area contributed by atoms with Gasteiger partial charge in [0.1, 0.15) is 11.4 Å². The van der Waals surface area contributed by atoms with E-state index < -0.39 is 17.3 Å². The molecule has 1 aromatic carbocycles. The van der Waals surface area contributed by atoms with Gasteiger partial charge in [-0.3, -0.25) is 14.8 Å². The molecule has 0 radical (unpaired) electrons. The maximum atomic E-state index is 12.9. The number of pyridine rings is 2. The fourth-order valence-corrected chi connectivity index (χ4v) is 3.08. The molecular formula is C22H17F3N4O2. The van der Waals surface area contributed by atoms with Crippen molar-refractivity contribution in [1.82, 2.24) is 19.9 Å². The summed E-state index contributed by atoms with van der Waals surface area (Å²) in [4.78, 5) is 27.2. The molecule has 3 heterocycles. The molecule has 0 aliphatic heterocycles. The molecule has 0 saturated carbocycles. The summed E-state index contributed by atoms with van der Waals surface area (Å²) >= 11 is 0. The number of fused-ring (bicyclic) bond motifs is 1. The van der Waals surface area contributed by atoms with Crippen LogP contribution in [0.25, 0.3) is 22.4 Å². The quantitative estimate of drug-likeness (QED) is 0.462. The van der Waals surface area contributed by atoms with Crippen LogP contribution in [0.4, 0.5) is 13.2 Å². The van der Waals surface area contributed by atoms with E-state index in [0.717, 1.165) is 36.7 Å². The van der Waals surface area contributed by atoms with E-state index in [-0.39, 0.29) is 16.9 Å². The lowest BCUT2D eigenvalue weighted by Crippen LogP contribution is -2.11. The summed E-state index contributed by atoms with van der Waals surface area (Å²) in [6.45, 7) is 0.464. The molecule has 0 saturated heterocycles. The first-order valence-electron chi connectivity index (χ1n) is 9.49. The molecule has 0 amide bonds. The lowest BCUT2D eigenvalue weighted by atomic mass is 10.1. The largest absolute Gasteiger partial charge is 0.494 e. The molecule has 9 heteroatoms. The van der Waals surface area contributed by atoms with E-state index in [1.165, 1.54) is 0 Å². The van der Waals surface area contributed by atoms with E-state index in [0.29, 0.717) is 17.9 Å². The number of rotatable bonds is 6. The van der Waals surface area contributed by atoms with Crippen LogP contribution in [0.15, 0.2) is 65.8 Å². The first kappa shape index (κ1) is 20.5. The van der Waals surface area contributed by atoms with Crippen LogP contribution < -0.4 is 10.3 Å². The number of alkyl halides is 3. The highest BCUT2D eigenvalue weighted by atomic mass is 19.4. The Morgan fingerprint density at radius 1 is 1.00 bits per heavy atom. The van der Waals surface area contributed by atoms with E-state index >= 15 is 0 Å². The third kappa shape index (κ3) is 4.88. The van der Waals surface area contributed by atoms with Crippen LogP contribution in [0.5, 0.6) is 5.75 Å². The summed E-state index contributed by atoms with van der Waals surface area (Å²) in [6, 6.07) is 10.4. The molecule has 0 unspecified atom stereocenters. The Hall–Kier alpha value is -3.75. The van der Waals surface area contributed by atoms with Crippen molar-refractivity contribution in [3.63, 3.8) is 0 Å². The zero-order chi connectivity index (χ0) is 21.8. The second kappa shape index (κ2) is 8.55. The molecular weight excluding hydrogens is 409 g/mol. The van der Waals surface area contributed by atoms with Gasteiger partial charge in [0.2, 0.25) is 0 Å². The Bertz CT molecular complexity index is 1260. The fourth-order valence-electron chi connectivity index (χ4n) is 3.08. The van der Waals surface area contributed by atoms with Crippen molar-refractivity contribution in [2.75, 3.05) is 6.61 Å². The van der Waals surface area contributed by atoms with Gasteiger partial charge < -0.3 is 9.72 Å². The Labute approximate surface area is 174 Å². The van der Waals surface area contributed by atoms with E-state index in [2.05, 4.69) is 19.9 Å². The molecule has 0 aliphatic carbocycles. The molecule has 3 aromatic heterocycles. The van der Waals surface area contributed by atoms with Crippen molar-refractivity contribution in [1.29, 1.82) is 0 Å². The second-order valence-corrected chi connectivity index (χ2v) is 6.83. The number of halogens is 3. The SMILES string of the molecule is O=c1[nH]c(-c2cc(C(F)(F)F)ccn2)nc2ccc(OCCCc3ccncc3)cc12. The fraction of sp³-hybridized carbons (Fsp3) is 0.182. The predicted molar refractivity (Wildman–Crippen MR) is 109 cm³/mol. The van der Waals surface area contributed by atoms with Crippen molar-refractivity contribution >= 4 is 10.9 Å². The normalized spacial score (nSPS) is 11.6. The van der Waals surface area contributed by atoms with Gasteiger partial charge in [0.15, 0.2) is 5.82 Å². The number of aromatic nitrogens is 4. The number of hydrogen-bond acceptors (Lipinski definition) is 5. The summed E-state index contributed by atoms with van der Waals surface area (Å²) in [6.07, 6.45) is 1.62. The first-order valence-corrected chi connectivity index (χ1v) is 9.49. The lowest BCUT2D eigenvalue weighted by Gasteiger charge is -2.09. The van der Waals surface area contributed by atoms with Gasteiger partial charge in [-0.05, 0) is 60.9 Å². The highest BCUT2D eigenvalue weighted by Gasteiger charge is 2.31. The lowest BCUT2D eigenvalue weighted by molar-refractivity contribution is -0.137. The zero-order valence-electron chi connectivity index (χ0n) is 16.2. The average molecular weight is 426 g/mol. The van der Waals surface area contributed by atoms with Crippen molar-refractivity contribution in [3.05, 3.63) is 82.5 Å². The third-order valence-electron chi connectivity index (χ3n) is 4.63. The second-order valence-electron chi connectivity index (χ2n) is 6.83. The topological polar surface area (TPSA) is 80.8 Å². The van der Waals surface area contributed by atoms with Gasteiger partial charge in [-0.15, -0.1) is 0 Å². The van der Waals surface area contributed by atoms with Crippen LogP contribution in [-0.2, 0) is 12.6 Å². The van der Waals surface area contributed by atoms with Gasteiger partial charge in [-0.25, -0.2) is 4.98 Å². The van der Waals surface area contributed by atoms with Gasteiger partial charge >= 0.3 is 6.18 Å². The van der Waals surface area contributed by atoms with Crippen LogP contribution in [0.3, 0.4) is 0 Å². The van der Waals surface area contributed by atoms with Gasteiger partial charge in [0.25, 0.3) is 5.56 Å². The molecule has 0 atom stereocenters. The van der Waals surface area contributed by atoms with E-state index in [1.54, 1.807) is 30.6 Å². The van der Waals surface area contributed by atoms with Gasteiger partial charge in [-0.2, -0.15) is 13.2 Å². The summed E-state index contributed by atoms with van der Waals surface area (Å²) in [5, 5.41) is 0.280. The molecule has 1 N–H and O–H groups in total. The van der Waals surface area contributed by atoms with Gasteiger partial charge in [-0.1, -0.05) is 0 Å². The summed E-state index contributed by atoms with van der Waals surface area (Å²) in [5.41, 5.74) is 0.0815. The van der Waals surface area contributed by atoms with Crippen LogP contribution in [0, 0.1) is 0 Å². The summed E-state index contributed by atoms with van der Waals surface area (Å²) in [5.74, 6) is 0.481. The predicted octanol–water partition coefficient (Wildman–Crippen LogP) is 4.41. The Morgan fingerprint density at radius 3 is 2.58 bits per heavy atom. The molecule has 158 valence electrons. The molecule has 4 rings (SSSR count). The van der Waals surface area contributed by atoms with Crippen LogP contribution >= 0.6 is 0 Å². The van der Waals surface area contributed by atoms with Crippen LogP contribution in [-0.4, -0.2) is 26.5 Å². The molecule has 6 nitrogen and oxygen atoms in total. The van der Waals surface area contributed by atoms with Gasteiger partial charge in [0, 0.05) is 18.6 Å². The van der Waals surface area contributed by atoms with Crippen LogP contribution in [0.2, 0.25) is 0 Å². The maximum absolute atomic E-state index is 12.9. The number of hydrogen-bond donors (Lipinski definition) is 1. The minimum absolute atomic E-state index is 0.0328. The number of nitrogens with one attached hydrogen (secondary N) is 1. The van der Waals surface area contributed by atoms with Crippen LogP contribution in [0.1, 0.15) is 17.5 Å². The average Bonchev–Trinajstić information content (AvgIpc) is 2.77. The van der Waals surface area contributed by atoms with Crippen molar-refractivity contribution in [2.45, 2.75) is 19.0 Å². The number of benzene rings is 1. The number of aryl methyl sites for hydroxylation is 1. The summed E-state index contributed by atoms with van der Waals surface area (Å²) in [7, 11) is 0. The molecule has 0 aliphatic rings. The number of nitrogens with zero attached hydrogens (tertiary/aromatic N) is 3. The Morgan fingerprint density at radius 2 is 1.81 bits per heavy atom. The number of ether oxygens (including phenoxy) is 1. The van der Waals surface area contributed by atoms with E-state index in [9.17, 15) is 18.0 Å². The highest BCUT2D eigenvalue weighted by Crippen LogP contribution is 2.30. The Kier molecular flexibility index (Phi) is 5.66. The number of H-pyrrole nitrogens is 1. The highest BCUT2D eigenvalue weighted by molar-refractivity contribution is 5.80. The molecule has 4 aromatic rings. The molecule has 0 fully saturated rings. The smallest absolute Gasteiger partial charge is 0.416 e. The maximum Gasteiger partial charge on any atom is 0.416 e. The number of aromatic amines is 1. The molecule has 0 bridgehead atoms. The van der Waals surface area contributed by atoms with Crippen molar-refractivity contribution < 1.29 is 17.9 Å². The van der Waals surface area contributed by atoms with Gasteiger partial charge in [0.05, 0.1) is 23.1 Å². The van der Waals surface area contributed by atoms with Crippen molar-refractivity contribution in [2.24, 2.45) is 0 Å². The third-order valence-corrected chi connectivity index (χ3v) is 4.63. The monoisotopic (exact) mass is 426 g/mol. The zero-order valence-corrected chi connectivity index (χ0v) is 16.2. The Balaban J connectivity index is 1.51. The first-order chi connectivity index (χ1) is 14.9. The molecule has 0 spiro atoms. The summed E-state index contributed by atoms with van der Waals surface area (Å²) < 4.78 is 44.6. The standard InChI is InChI=1S/C22H17F3N4O2/c23-22(24,25)15-7-10-27-19(12-15)20-28-18-4-3-16(13-17(18)21(30)29-20)31-11-1-2-14-5-8-26-9-6-14/h3-10,12-13H,1-2,11H2,(H,28,29,30).